The predicted octanol–water partition coefficient (Wildman–Crippen LogP) is 4.23. The lowest BCUT2D eigenvalue weighted by Crippen LogP contribution is -2.28. The van der Waals surface area contributed by atoms with Crippen molar-refractivity contribution >= 4 is 11.7 Å². The highest BCUT2D eigenvalue weighted by Gasteiger charge is 2.08. The molecule has 1 aromatic carbocycles. The van der Waals surface area contributed by atoms with Gasteiger partial charge in [-0.05, 0) is 48.6 Å². The molecule has 6 heteroatoms. The molecule has 1 aromatic heterocycles. The van der Waals surface area contributed by atoms with E-state index in [1.54, 1.807) is 37.7 Å². The molecule has 26 heavy (non-hydrogen) atoms. The SMILES string of the molecule is COc1ccc(NC(=O)NCc2ccncc2)cc1OCCCC(C)C. The summed E-state index contributed by atoms with van der Waals surface area (Å²) in [6, 6.07) is 8.79. The van der Waals surface area contributed by atoms with Crippen LogP contribution in [0.3, 0.4) is 0 Å². The lowest BCUT2D eigenvalue weighted by molar-refractivity contribution is 0.251. The minimum atomic E-state index is -0.280. The summed E-state index contributed by atoms with van der Waals surface area (Å²) < 4.78 is 11.2. The van der Waals surface area contributed by atoms with Gasteiger partial charge in [0, 0.05) is 30.7 Å². The number of nitrogens with one attached hydrogen (secondary N) is 2. The summed E-state index contributed by atoms with van der Waals surface area (Å²) in [4.78, 5) is 16.0. The smallest absolute Gasteiger partial charge is 0.319 e. The summed E-state index contributed by atoms with van der Waals surface area (Å²) in [5.41, 5.74) is 1.64. The van der Waals surface area contributed by atoms with E-state index in [9.17, 15) is 4.79 Å². The van der Waals surface area contributed by atoms with Crippen LogP contribution in [-0.2, 0) is 6.54 Å². The lowest BCUT2D eigenvalue weighted by atomic mass is 10.1. The van der Waals surface area contributed by atoms with Crippen LogP contribution in [0.15, 0.2) is 42.7 Å². The van der Waals surface area contributed by atoms with Gasteiger partial charge in [-0.15, -0.1) is 0 Å². The van der Waals surface area contributed by atoms with E-state index >= 15 is 0 Å². The van der Waals surface area contributed by atoms with Gasteiger partial charge in [0.1, 0.15) is 0 Å². The Kier molecular flexibility index (Phi) is 7.74. The molecule has 0 bridgehead atoms. The molecule has 2 amide bonds. The van der Waals surface area contributed by atoms with E-state index in [2.05, 4.69) is 29.5 Å². The van der Waals surface area contributed by atoms with Crippen molar-refractivity contribution in [3.8, 4) is 11.5 Å². The zero-order valence-corrected chi connectivity index (χ0v) is 15.6. The standard InChI is InChI=1S/C20H27N3O3/c1-15(2)5-4-12-26-19-13-17(6-7-18(19)25-3)23-20(24)22-14-16-8-10-21-11-9-16/h6-11,13,15H,4-5,12,14H2,1-3H3,(H2,22,23,24). The number of methoxy groups -OCH3 is 1. The van der Waals surface area contributed by atoms with Gasteiger partial charge >= 0.3 is 6.03 Å². The molecule has 1 heterocycles. The number of hydrogen-bond acceptors (Lipinski definition) is 4. The number of anilines is 1. The van der Waals surface area contributed by atoms with Crippen LogP contribution in [0.2, 0.25) is 0 Å². The van der Waals surface area contributed by atoms with Crippen molar-refractivity contribution in [2.24, 2.45) is 5.92 Å². The summed E-state index contributed by atoms with van der Waals surface area (Å²) in [5.74, 6) is 1.93. The fourth-order valence-electron chi connectivity index (χ4n) is 2.40. The van der Waals surface area contributed by atoms with E-state index in [-0.39, 0.29) is 6.03 Å². The van der Waals surface area contributed by atoms with Crippen molar-refractivity contribution < 1.29 is 14.3 Å². The van der Waals surface area contributed by atoms with Crippen LogP contribution < -0.4 is 20.1 Å². The first-order valence-corrected chi connectivity index (χ1v) is 8.83. The van der Waals surface area contributed by atoms with E-state index in [4.69, 9.17) is 9.47 Å². The van der Waals surface area contributed by atoms with Gasteiger partial charge in [-0.25, -0.2) is 4.79 Å². The maximum absolute atomic E-state index is 12.1. The first kappa shape index (κ1) is 19.6. The summed E-state index contributed by atoms with van der Waals surface area (Å²) >= 11 is 0. The molecule has 0 aliphatic heterocycles. The van der Waals surface area contributed by atoms with E-state index in [1.165, 1.54) is 0 Å². The van der Waals surface area contributed by atoms with Crippen LogP contribution in [0.5, 0.6) is 11.5 Å². The molecule has 140 valence electrons. The van der Waals surface area contributed by atoms with E-state index < -0.39 is 0 Å². The predicted molar refractivity (Wildman–Crippen MR) is 103 cm³/mol. The lowest BCUT2D eigenvalue weighted by Gasteiger charge is -2.14. The van der Waals surface area contributed by atoms with Gasteiger partial charge < -0.3 is 20.1 Å². The maximum Gasteiger partial charge on any atom is 0.319 e. The fraction of sp³-hybridized carbons (Fsp3) is 0.400. The molecule has 0 atom stereocenters. The van der Waals surface area contributed by atoms with Crippen LogP contribution in [0.1, 0.15) is 32.3 Å². The summed E-state index contributed by atoms with van der Waals surface area (Å²) in [6.07, 6.45) is 5.48. The normalized spacial score (nSPS) is 10.5. The number of carbonyl (C=O) groups is 1. The van der Waals surface area contributed by atoms with Gasteiger partial charge in [0.25, 0.3) is 0 Å². The Morgan fingerprint density at radius 2 is 1.92 bits per heavy atom. The second kappa shape index (κ2) is 10.3. The third-order valence-corrected chi connectivity index (χ3v) is 3.81. The molecule has 6 nitrogen and oxygen atoms in total. The Labute approximate surface area is 154 Å². The van der Waals surface area contributed by atoms with Crippen LogP contribution in [0, 0.1) is 5.92 Å². The largest absolute Gasteiger partial charge is 0.493 e. The number of nitrogens with zero attached hydrogens (tertiary/aromatic N) is 1. The molecule has 0 spiro atoms. The Balaban J connectivity index is 1.89. The van der Waals surface area contributed by atoms with Crippen LogP contribution in [0.25, 0.3) is 0 Å². The Morgan fingerprint density at radius 1 is 1.15 bits per heavy atom. The monoisotopic (exact) mass is 357 g/mol. The number of ether oxygens (including phenoxy) is 2. The third-order valence-electron chi connectivity index (χ3n) is 3.81. The van der Waals surface area contributed by atoms with Crippen LogP contribution in [0.4, 0.5) is 10.5 Å². The van der Waals surface area contributed by atoms with Gasteiger partial charge in [-0.1, -0.05) is 13.8 Å². The van der Waals surface area contributed by atoms with Gasteiger partial charge in [0.15, 0.2) is 11.5 Å². The number of carbonyl (C=O) groups excluding carboxylic acids is 1. The minimum absolute atomic E-state index is 0.280. The maximum atomic E-state index is 12.1. The number of benzene rings is 1. The average molecular weight is 357 g/mol. The molecule has 2 aromatic rings. The number of amides is 2. The molecule has 0 fully saturated rings. The number of urea groups is 1. The molecule has 0 aliphatic rings. The zero-order chi connectivity index (χ0) is 18.8. The van der Waals surface area contributed by atoms with Crippen molar-refractivity contribution in [2.45, 2.75) is 33.2 Å². The molecule has 0 aliphatic carbocycles. The molecular formula is C20H27N3O3. The topological polar surface area (TPSA) is 72.5 Å². The van der Waals surface area contributed by atoms with Gasteiger partial charge in [-0.2, -0.15) is 0 Å². The molecular weight excluding hydrogens is 330 g/mol. The van der Waals surface area contributed by atoms with Crippen LogP contribution in [-0.4, -0.2) is 24.7 Å². The summed E-state index contributed by atoms with van der Waals surface area (Å²) in [6.45, 7) is 5.43. The summed E-state index contributed by atoms with van der Waals surface area (Å²) in [5, 5.41) is 5.62. The third kappa shape index (κ3) is 6.63. The number of pyridine rings is 1. The van der Waals surface area contributed by atoms with E-state index in [1.807, 2.05) is 12.1 Å². The highest BCUT2D eigenvalue weighted by atomic mass is 16.5. The Morgan fingerprint density at radius 3 is 2.62 bits per heavy atom. The molecule has 0 radical (unpaired) electrons. The molecule has 0 saturated carbocycles. The minimum Gasteiger partial charge on any atom is -0.493 e. The first-order valence-electron chi connectivity index (χ1n) is 8.83. The van der Waals surface area contributed by atoms with Crippen molar-refractivity contribution in [3.63, 3.8) is 0 Å². The second-order valence-electron chi connectivity index (χ2n) is 6.41. The van der Waals surface area contributed by atoms with Crippen molar-refractivity contribution in [1.29, 1.82) is 0 Å². The quantitative estimate of drug-likeness (QED) is 0.659. The molecule has 0 unspecified atom stereocenters. The second-order valence-corrected chi connectivity index (χ2v) is 6.41. The van der Waals surface area contributed by atoms with Gasteiger partial charge in [0.05, 0.1) is 13.7 Å². The van der Waals surface area contributed by atoms with E-state index in [0.717, 1.165) is 18.4 Å². The Hall–Kier alpha value is -2.76. The molecule has 2 rings (SSSR count). The molecule has 0 saturated heterocycles. The average Bonchev–Trinajstić information content (AvgIpc) is 2.64. The zero-order valence-electron chi connectivity index (χ0n) is 15.6. The number of aromatic nitrogens is 1. The summed E-state index contributed by atoms with van der Waals surface area (Å²) in [7, 11) is 1.60. The molecule has 2 N–H and O–H groups in total. The van der Waals surface area contributed by atoms with Crippen molar-refractivity contribution in [1.82, 2.24) is 10.3 Å². The van der Waals surface area contributed by atoms with E-state index in [0.29, 0.717) is 36.3 Å². The van der Waals surface area contributed by atoms with Crippen molar-refractivity contribution in [3.05, 3.63) is 48.3 Å². The fourth-order valence-corrected chi connectivity index (χ4v) is 2.40. The first-order chi connectivity index (χ1) is 12.6. The van der Waals surface area contributed by atoms with Crippen molar-refractivity contribution in [2.75, 3.05) is 19.0 Å². The highest BCUT2D eigenvalue weighted by molar-refractivity contribution is 5.89. The van der Waals surface area contributed by atoms with Gasteiger partial charge in [-0.3, -0.25) is 4.98 Å². The van der Waals surface area contributed by atoms with Crippen LogP contribution >= 0.6 is 0 Å². The number of hydrogen-bond donors (Lipinski definition) is 2. The van der Waals surface area contributed by atoms with Gasteiger partial charge in [0.2, 0.25) is 0 Å². The Bertz CT molecular complexity index is 690. The number of rotatable bonds is 9. The highest BCUT2D eigenvalue weighted by Crippen LogP contribution is 2.30.